The molecule has 0 atom stereocenters. The Labute approximate surface area is 123 Å². The normalized spacial score (nSPS) is 10.6. The van der Waals surface area contributed by atoms with E-state index in [1.807, 2.05) is 41.8 Å². The summed E-state index contributed by atoms with van der Waals surface area (Å²) in [6.07, 6.45) is 1.63. The average Bonchev–Trinajstić information content (AvgIpc) is 3.09. The molecule has 96 valence electrons. The summed E-state index contributed by atoms with van der Waals surface area (Å²) >= 11 is 4.99. The largest absolute Gasteiger partial charge is 0.487 e. The fourth-order valence-electron chi connectivity index (χ4n) is 1.57. The van der Waals surface area contributed by atoms with Crippen LogP contribution in [0.5, 0.6) is 5.75 Å². The fraction of sp³-hybridized carbons (Fsp3) is 0.0714. The number of nitrogens with zero attached hydrogens (tertiary/aromatic N) is 1. The number of thiophene rings is 1. The van der Waals surface area contributed by atoms with Crippen molar-refractivity contribution in [2.24, 2.45) is 0 Å². The lowest BCUT2D eigenvalue weighted by molar-refractivity contribution is 0.301. The van der Waals surface area contributed by atoms with Gasteiger partial charge in [0.05, 0.1) is 4.88 Å². The van der Waals surface area contributed by atoms with Crippen LogP contribution in [0.2, 0.25) is 0 Å². The molecular formula is C14H10BrNO2S. The Morgan fingerprint density at radius 2 is 2.05 bits per heavy atom. The minimum absolute atomic E-state index is 0.399. The minimum Gasteiger partial charge on any atom is -0.487 e. The van der Waals surface area contributed by atoms with Gasteiger partial charge in [0.15, 0.2) is 0 Å². The van der Waals surface area contributed by atoms with Crippen LogP contribution in [0.3, 0.4) is 0 Å². The highest BCUT2D eigenvalue weighted by atomic mass is 79.9. The average molecular weight is 336 g/mol. The lowest BCUT2D eigenvalue weighted by Crippen LogP contribution is -1.95. The van der Waals surface area contributed by atoms with Gasteiger partial charge in [-0.3, -0.25) is 0 Å². The van der Waals surface area contributed by atoms with Crippen molar-refractivity contribution in [1.29, 1.82) is 0 Å². The van der Waals surface area contributed by atoms with Crippen LogP contribution in [0.15, 0.2) is 56.9 Å². The summed E-state index contributed by atoms with van der Waals surface area (Å²) in [4.78, 5) is 5.42. The first-order valence-electron chi connectivity index (χ1n) is 5.68. The molecule has 2 heterocycles. The van der Waals surface area contributed by atoms with Crippen molar-refractivity contribution >= 4 is 27.3 Å². The molecule has 0 spiro atoms. The molecule has 0 aliphatic carbocycles. The third-order valence-electron chi connectivity index (χ3n) is 2.48. The molecule has 0 N–H and O–H groups in total. The summed E-state index contributed by atoms with van der Waals surface area (Å²) in [5.74, 6) is 1.45. The molecule has 2 aromatic heterocycles. The van der Waals surface area contributed by atoms with Crippen LogP contribution in [0, 0.1) is 0 Å². The lowest BCUT2D eigenvalue weighted by atomic mass is 10.3. The summed E-state index contributed by atoms with van der Waals surface area (Å²) in [7, 11) is 0. The number of benzene rings is 1. The quantitative estimate of drug-likeness (QED) is 0.690. The second-order valence-corrected chi connectivity index (χ2v) is 5.73. The highest BCUT2D eigenvalue weighted by Gasteiger charge is 2.07. The number of oxazole rings is 1. The Hall–Kier alpha value is -1.59. The highest BCUT2D eigenvalue weighted by molar-refractivity contribution is 9.10. The van der Waals surface area contributed by atoms with Crippen LogP contribution >= 0.6 is 27.3 Å². The van der Waals surface area contributed by atoms with E-state index >= 15 is 0 Å². The van der Waals surface area contributed by atoms with Gasteiger partial charge in [0, 0.05) is 4.47 Å². The van der Waals surface area contributed by atoms with Crippen molar-refractivity contribution in [1.82, 2.24) is 4.98 Å². The Bertz CT molecular complexity index is 646. The second-order valence-electron chi connectivity index (χ2n) is 3.86. The number of hydrogen-bond donors (Lipinski definition) is 0. The summed E-state index contributed by atoms with van der Waals surface area (Å²) in [5, 5.41) is 2.00. The summed E-state index contributed by atoms with van der Waals surface area (Å²) in [6.45, 7) is 0.399. The first kappa shape index (κ1) is 12.4. The molecule has 0 bridgehead atoms. The van der Waals surface area contributed by atoms with Gasteiger partial charge in [0.2, 0.25) is 5.89 Å². The van der Waals surface area contributed by atoms with E-state index in [-0.39, 0.29) is 0 Å². The number of halogens is 1. The molecule has 1 aromatic carbocycles. The molecule has 0 aliphatic rings. The van der Waals surface area contributed by atoms with Crippen LogP contribution in [-0.4, -0.2) is 4.98 Å². The smallest absolute Gasteiger partial charge is 0.236 e. The van der Waals surface area contributed by atoms with Crippen molar-refractivity contribution in [2.75, 3.05) is 0 Å². The van der Waals surface area contributed by atoms with Crippen molar-refractivity contribution < 1.29 is 9.15 Å². The Morgan fingerprint density at radius 1 is 1.21 bits per heavy atom. The minimum atomic E-state index is 0.399. The molecule has 3 aromatic rings. The zero-order chi connectivity index (χ0) is 13.1. The van der Waals surface area contributed by atoms with E-state index in [9.17, 15) is 0 Å². The van der Waals surface area contributed by atoms with Crippen molar-refractivity contribution in [3.05, 3.63) is 58.2 Å². The molecule has 0 aliphatic heterocycles. The van der Waals surface area contributed by atoms with Gasteiger partial charge in [-0.25, -0.2) is 4.98 Å². The van der Waals surface area contributed by atoms with Gasteiger partial charge in [-0.1, -0.05) is 22.0 Å². The molecule has 0 radical (unpaired) electrons. The number of hydrogen-bond acceptors (Lipinski definition) is 4. The van der Waals surface area contributed by atoms with E-state index in [2.05, 4.69) is 20.9 Å². The first-order valence-corrected chi connectivity index (χ1v) is 7.35. The van der Waals surface area contributed by atoms with Crippen LogP contribution in [0.4, 0.5) is 0 Å². The molecule has 0 saturated carbocycles. The lowest BCUT2D eigenvalue weighted by Gasteiger charge is -2.03. The van der Waals surface area contributed by atoms with Gasteiger partial charge >= 0.3 is 0 Å². The maximum Gasteiger partial charge on any atom is 0.236 e. The predicted molar refractivity (Wildman–Crippen MR) is 78.3 cm³/mol. The zero-order valence-electron chi connectivity index (χ0n) is 9.88. The third kappa shape index (κ3) is 3.05. The van der Waals surface area contributed by atoms with Crippen molar-refractivity contribution in [3.63, 3.8) is 0 Å². The number of aromatic nitrogens is 1. The van der Waals surface area contributed by atoms with E-state index in [1.165, 1.54) is 0 Å². The van der Waals surface area contributed by atoms with Crippen LogP contribution < -0.4 is 4.74 Å². The van der Waals surface area contributed by atoms with E-state index in [0.29, 0.717) is 12.5 Å². The van der Waals surface area contributed by atoms with E-state index in [4.69, 9.17) is 9.15 Å². The van der Waals surface area contributed by atoms with Gasteiger partial charge < -0.3 is 9.15 Å². The molecule has 3 nitrogen and oxygen atoms in total. The fourth-order valence-corrected chi connectivity index (χ4v) is 2.49. The molecule has 0 saturated heterocycles. The van der Waals surface area contributed by atoms with Gasteiger partial charge in [0.25, 0.3) is 0 Å². The highest BCUT2D eigenvalue weighted by Crippen LogP contribution is 2.24. The molecule has 0 unspecified atom stereocenters. The van der Waals surface area contributed by atoms with E-state index in [0.717, 1.165) is 20.8 Å². The standard InChI is InChI=1S/C14H10BrNO2S/c15-10-3-5-12(6-4-10)17-8-11-9-18-14(16-11)13-2-1-7-19-13/h1-7,9H,8H2. The van der Waals surface area contributed by atoms with Gasteiger partial charge in [-0.15, -0.1) is 11.3 Å². The van der Waals surface area contributed by atoms with Crippen molar-refractivity contribution in [3.8, 4) is 16.5 Å². The predicted octanol–water partition coefficient (Wildman–Crippen LogP) is 4.74. The summed E-state index contributed by atoms with van der Waals surface area (Å²) in [5.41, 5.74) is 0.784. The maximum absolute atomic E-state index is 5.64. The van der Waals surface area contributed by atoms with Gasteiger partial charge in [-0.05, 0) is 35.7 Å². The molecule has 0 amide bonds. The Morgan fingerprint density at radius 3 is 2.79 bits per heavy atom. The van der Waals surface area contributed by atoms with E-state index < -0.39 is 0 Å². The first-order chi connectivity index (χ1) is 9.31. The monoisotopic (exact) mass is 335 g/mol. The second kappa shape index (κ2) is 5.59. The van der Waals surface area contributed by atoms with Crippen LogP contribution in [0.25, 0.3) is 10.8 Å². The van der Waals surface area contributed by atoms with Crippen molar-refractivity contribution in [2.45, 2.75) is 6.61 Å². The molecule has 3 rings (SSSR count). The van der Waals surface area contributed by atoms with Gasteiger partial charge in [0.1, 0.15) is 24.3 Å². The molecule has 0 fully saturated rings. The van der Waals surface area contributed by atoms with Crippen LogP contribution in [0.1, 0.15) is 5.69 Å². The zero-order valence-corrected chi connectivity index (χ0v) is 12.3. The number of ether oxygens (including phenoxy) is 1. The SMILES string of the molecule is Brc1ccc(OCc2coc(-c3cccs3)n2)cc1. The third-order valence-corrected chi connectivity index (χ3v) is 3.87. The Balaban J connectivity index is 1.66. The molecular weight excluding hydrogens is 326 g/mol. The topological polar surface area (TPSA) is 35.3 Å². The Kier molecular flexibility index (Phi) is 3.66. The van der Waals surface area contributed by atoms with Crippen LogP contribution in [-0.2, 0) is 6.61 Å². The summed E-state index contributed by atoms with van der Waals surface area (Å²) < 4.78 is 12.1. The van der Waals surface area contributed by atoms with Gasteiger partial charge in [-0.2, -0.15) is 0 Å². The summed E-state index contributed by atoms with van der Waals surface area (Å²) in [6, 6.07) is 11.6. The molecule has 5 heteroatoms. The van der Waals surface area contributed by atoms with E-state index in [1.54, 1.807) is 17.6 Å². The molecule has 19 heavy (non-hydrogen) atoms. The number of rotatable bonds is 4. The maximum atomic E-state index is 5.64.